The maximum absolute atomic E-state index is 12.9. The summed E-state index contributed by atoms with van der Waals surface area (Å²) in [6.45, 7) is 2.77. The maximum Gasteiger partial charge on any atom is 0.416 e. The molecule has 0 aliphatic heterocycles. The van der Waals surface area contributed by atoms with Crippen LogP contribution in [0.2, 0.25) is 0 Å². The summed E-state index contributed by atoms with van der Waals surface area (Å²) in [6.07, 6.45) is -6.56. The van der Waals surface area contributed by atoms with Crippen LogP contribution in [0.3, 0.4) is 0 Å². The van der Waals surface area contributed by atoms with Gasteiger partial charge in [-0.3, -0.25) is 0 Å². The Hall–Kier alpha value is -3.83. The van der Waals surface area contributed by atoms with Crippen LogP contribution in [0.5, 0.6) is 0 Å². The molecule has 6 nitrogen and oxygen atoms in total. The van der Waals surface area contributed by atoms with Gasteiger partial charge in [-0.15, -0.1) is 0 Å². The van der Waals surface area contributed by atoms with Crippen LogP contribution in [0.1, 0.15) is 30.0 Å². The summed E-state index contributed by atoms with van der Waals surface area (Å²) >= 11 is 0. The van der Waals surface area contributed by atoms with E-state index in [4.69, 9.17) is 0 Å². The Morgan fingerprint density at radius 3 is 2.00 bits per heavy atom. The highest BCUT2D eigenvalue weighted by atomic mass is 19.4. The summed E-state index contributed by atoms with van der Waals surface area (Å²) < 4.78 is 78.7. The first-order valence-electron chi connectivity index (χ1n) is 10.6. The van der Waals surface area contributed by atoms with Gasteiger partial charge >= 0.3 is 12.4 Å². The Balaban J connectivity index is 1.65. The molecule has 4 aromatic rings. The molecule has 0 saturated carbocycles. The monoisotopic (exact) mass is 494 g/mol. The molecule has 2 aromatic heterocycles. The second-order valence-corrected chi connectivity index (χ2v) is 7.76. The summed E-state index contributed by atoms with van der Waals surface area (Å²) in [5.41, 5.74) is 0.313. The van der Waals surface area contributed by atoms with E-state index in [-0.39, 0.29) is 12.5 Å². The van der Waals surface area contributed by atoms with E-state index in [1.165, 1.54) is 30.6 Å². The topological polar surface area (TPSA) is 67.7 Å². The number of rotatable bonds is 7. The lowest BCUT2D eigenvalue weighted by Gasteiger charge is -2.12. The van der Waals surface area contributed by atoms with Crippen molar-refractivity contribution < 1.29 is 26.3 Å². The van der Waals surface area contributed by atoms with Crippen molar-refractivity contribution in [2.24, 2.45) is 0 Å². The molecule has 0 amide bonds. The Morgan fingerprint density at radius 2 is 1.43 bits per heavy atom. The van der Waals surface area contributed by atoms with Gasteiger partial charge < -0.3 is 15.2 Å². The third-order valence-electron chi connectivity index (χ3n) is 5.11. The molecule has 2 N–H and O–H groups in total. The first-order chi connectivity index (χ1) is 16.5. The van der Waals surface area contributed by atoms with Gasteiger partial charge in [-0.25, -0.2) is 4.98 Å². The smallest absolute Gasteiger partial charge is 0.368 e. The number of nitrogens with zero attached hydrogens (tertiary/aromatic N) is 4. The zero-order chi connectivity index (χ0) is 25.2. The van der Waals surface area contributed by atoms with Crippen LogP contribution in [0, 0.1) is 0 Å². The Bertz CT molecular complexity index is 1290. The summed E-state index contributed by atoms with van der Waals surface area (Å²) in [5, 5.41) is 6.05. The molecule has 12 heteroatoms. The van der Waals surface area contributed by atoms with Gasteiger partial charge in [-0.1, -0.05) is 19.1 Å². The lowest BCUT2D eigenvalue weighted by Crippen LogP contribution is -2.08. The van der Waals surface area contributed by atoms with Crippen LogP contribution in [-0.4, -0.2) is 26.1 Å². The second-order valence-electron chi connectivity index (χ2n) is 7.76. The molecule has 184 valence electrons. The highest BCUT2D eigenvalue weighted by Crippen LogP contribution is 2.31. The summed E-state index contributed by atoms with van der Waals surface area (Å²) in [4.78, 5) is 13.2. The van der Waals surface area contributed by atoms with Gasteiger partial charge in [-0.2, -0.15) is 36.3 Å². The Kier molecular flexibility index (Phi) is 6.55. The lowest BCUT2D eigenvalue weighted by molar-refractivity contribution is -0.138. The minimum Gasteiger partial charge on any atom is -0.368 e. The van der Waals surface area contributed by atoms with E-state index in [2.05, 4.69) is 25.6 Å². The van der Waals surface area contributed by atoms with Gasteiger partial charge in [0.25, 0.3) is 0 Å². The van der Waals surface area contributed by atoms with E-state index in [0.29, 0.717) is 34.8 Å². The van der Waals surface area contributed by atoms with Gasteiger partial charge in [0, 0.05) is 12.2 Å². The molecule has 0 spiro atoms. The number of halogens is 6. The van der Waals surface area contributed by atoms with Crippen LogP contribution in [-0.2, 0) is 18.9 Å². The molecule has 2 heterocycles. The van der Waals surface area contributed by atoms with Crippen molar-refractivity contribution in [1.29, 1.82) is 0 Å². The fourth-order valence-electron chi connectivity index (χ4n) is 3.35. The van der Waals surface area contributed by atoms with E-state index in [1.807, 2.05) is 6.92 Å². The normalized spacial score (nSPS) is 12.2. The molecule has 35 heavy (non-hydrogen) atoms. The summed E-state index contributed by atoms with van der Waals surface area (Å²) in [7, 11) is 0. The molecule has 0 radical (unpaired) electrons. The van der Waals surface area contributed by atoms with Crippen molar-refractivity contribution in [1.82, 2.24) is 19.5 Å². The van der Waals surface area contributed by atoms with Gasteiger partial charge in [0.1, 0.15) is 0 Å². The minimum absolute atomic E-state index is 0.130. The fraction of sp³-hybridized carbons (Fsp3) is 0.261. The number of anilines is 3. The maximum atomic E-state index is 12.9. The fourth-order valence-corrected chi connectivity index (χ4v) is 3.35. The number of benzene rings is 2. The molecular formula is C23H20F6N6. The number of imidazole rings is 1. The Morgan fingerprint density at radius 1 is 0.829 bits per heavy atom. The molecule has 0 aliphatic carbocycles. The number of fused-ring (bicyclic) bond motifs is 1. The standard InChI is InChI=1S/C23H20F6N6/c1-2-11-30-19-18-20(34-21(33-19)32-17-9-7-16(8-10-17)23(27,28)29)35(13-31-18)12-14-3-5-15(6-4-14)22(24,25)26/h3-10,13H,2,11-12H2,1H3,(H2,30,32,33,34). The first kappa shape index (κ1) is 24.3. The van der Waals surface area contributed by atoms with E-state index in [1.54, 1.807) is 4.57 Å². The second kappa shape index (κ2) is 9.43. The van der Waals surface area contributed by atoms with E-state index in [0.717, 1.165) is 30.7 Å². The molecule has 0 saturated heterocycles. The predicted octanol–water partition coefficient (Wildman–Crippen LogP) is 6.48. The quantitative estimate of drug-likeness (QED) is 0.288. The molecular weight excluding hydrogens is 474 g/mol. The zero-order valence-corrected chi connectivity index (χ0v) is 18.4. The van der Waals surface area contributed by atoms with Crippen molar-refractivity contribution in [3.8, 4) is 0 Å². The number of alkyl halides is 6. The lowest BCUT2D eigenvalue weighted by atomic mass is 10.1. The molecule has 2 aromatic carbocycles. The van der Waals surface area contributed by atoms with Gasteiger partial charge in [-0.05, 0) is 48.4 Å². The van der Waals surface area contributed by atoms with Crippen molar-refractivity contribution in [3.63, 3.8) is 0 Å². The number of hydrogen-bond acceptors (Lipinski definition) is 5. The average Bonchev–Trinajstić information content (AvgIpc) is 3.19. The van der Waals surface area contributed by atoms with Crippen LogP contribution >= 0.6 is 0 Å². The number of aromatic nitrogens is 4. The van der Waals surface area contributed by atoms with Crippen molar-refractivity contribution in [3.05, 3.63) is 71.5 Å². The molecule has 0 bridgehead atoms. The molecule has 4 rings (SSSR count). The highest BCUT2D eigenvalue weighted by Gasteiger charge is 2.30. The van der Waals surface area contributed by atoms with Crippen LogP contribution < -0.4 is 10.6 Å². The van der Waals surface area contributed by atoms with Crippen LogP contribution in [0.15, 0.2) is 54.9 Å². The highest BCUT2D eigenvalue weighted by molar-refractivity contribution is 5.84. The largest absolute Gasteiger partial charge is 0.416 e. The molecule has 0 fully saturated rings. The van der Waals surface area contributed by atoms with E-state index in [9.17, 15) is 26.3 Å². The van der Waals surface area contributed by atoms with Crippen molar-refractivity contribution >= 4 is 28.6 Å². The van der Waals surface area contributed by atoms with Crippen LogP contribution in [0.4, 0.5) is 43.8 Å². The van der Waals surface area contributed by atoms with Crippen LogP contribution in [0.25, 0.3) is 11.2 Å². The zero-order valence-electron chi connectivity index (χ0n) is 18.4. The average molecular weight is 494 g/mol. The third-order valence-corrected chi connectivity index (χ3v) is 5.11. The van der Waals surface area contributed by atoms with E-state index < -0.39 is 23.5 Å². The molecule has 0 atom stereocenters. The van der Waals surface area contributed by atoms with Gasteiger partial charge in [0.15, 0.2) is 17.0 Å². The molecule has 0 unspecified atom stereocenters. The van der Waals surface area contributed by atoms with Gasteiger partial charge in [0.05, 0.1) is 24.0 Å². The summed E-state index contributed by atoms with van der Waals surface area (Å²) in [6, 6.07) is 9.23. The van der Waals surface area contributed by atoms with Gasteiger partial charge in [0.2, 0.25) is 5.95 Å². The summed E-state index contributed by atoms with van der Waals surface area (Å²) in [5.74, 6) is 0.558. The minimum atomic E-state index is -4.45. The predicted molar refractivity (Wildman–Crippen MR) is 119 cm³/mol. The third kappa shape index (κ3) is 5.64. The Labute approximate surface area is 196 Å². The van der Waals surface area contributed by atoms with Crippen molar-refractivity contribution in [2.45, 2.75) is 32.2 Å². The van der Waals surface area contributed by atoms with E-state index >= 15 is 0 Å². The number of nitrogens with one attached hydrogen (secondary N) is 2. The van der Waals surface area contributed by atoms with Crippen molar-refractivity contribution in [2.75, 3.05) is 17.2 Å². The molecule has 0 aliphatic rings. The number of hydrogen-bond donors (Lipinski definition) is 2. The SMILES string of the molecule is CCCNc1nc(Nc2ccc(C(F)(F)F)cc2)nc2c1ncn2Cc1ccc(C(F)(F)F)cc1. The first-order valence-corrected chi connectivity index (χ1v) is 10.6.